The Kier molecular flexibility index (Phi) is 7.91. The Balaban J connectivity index is 1.69. The average Bonchev–Trinajstić information content (AvgIpc) is 3.38. The first-order valence-corrected chi connectivity index (χ1v) is 12.6. The van der Waals surface area contributed by atoms with Crippen LogP contribution >= 0.6 is 0 Å². The summed E-state index contributed by atoms with van der Waals surface area (Å²) in [4.78, 5) is 26.7. The van der Waals surface area contributed by atoms with E-state index in [-0.39, 0.29) is 5.91 Å². The monoisotopic (exact) mass is 473 g/mol. The Hall–Kier alpha value is -3.54. The van der Waals surface area contributed by atoms with Crippen molar-refractivity contribution in [1.82, 2.24) is 9.47 Å². The minimum Gasteiger partial charge on any atom is -0.457 e. The summed E-state index contributed by atoms with van der Waals surface area (Å²) in [7, 11) is 0. The maximum atomic E-state index is 12.7. The standard InChI is InChI=1S/C29H35N3O3/c1-3-4-15-25-28(22-11-8-14-24(20-22)35-23-12-6-5-7-13-23)27(29(30)34)21(2)32(25)19-10-18-31-17-9-16-26(31)33/h5-8,11-14,20H,3-4,9-10,15-19H2,1-2H3,(H2,30,34). The number of rotatable bonds is 11. The topological polar surface area (TPSA) is 77.6 Å². The molecule has 0 atom stereocenters. The van der Waals surface area contributed by atoms with E-state index >= 15 is 0 Å². The fraction of sp³-hybridized carbons (Fsp3) is 0.379. The normalized spacial score (nSPS) is 13.4. The molecule has 1 saturated heterocycles. The van der Waals surface area contributed by atoms with Gasteiger partial charge in [0.25, 0.3) is 5.91 Å². The van der Waals surface area contributed by atoms with E-state index in [2.05, 4.69) is 11.5 Å². The molecule has 0 radical (unpaired) electrons. The zero-order valence-electron chi connectivity index (χ0n) is 20.8. The van der Waals surface area contributed by atoms with E-state index < -0.39 is 5.91 Å². The lowest BCUT2D eigenvalue weighted by molar-refractivity contribution is -0.127. The number of primary amides is 1. The molecule has 4 rings (SSSR count). The molecule has 2 heterocycles. The van der Waals surface area contributed by atoms with Crippen molar-refractivity contribution in [1.29, 1.82) is 0 Å². The average molecular weight is 474 g/mol. The van der Waals surface area contributed by atoms with Crippen molar-refractivity contribution in [3.63, 3.8) is 0 Å². The minimum atomic E-state index is -0.418. The summed E-state index contributed by atoms with van der Waals surface area (Å²) in [6.07, 6.45) is 5.36. The number of benzene rings is 2. The van der Waals surface area contributed by atoms with E-state index in [0.29, 0.717) is 17.7 Å². The molecule has 0 spiro atoms. The van der Waals surface area contributed by atoms with Gasteiger partial charge in [0.05, 0.1) is 5.56 Å². The van der Waals surface area contributed by atoms with Crippen LogP contribution in [0.5, 0.6) is 11.5 Å². The van der Waals surface area contributed by atoms with Crippen LogP contribution in [-0.4, -0.2) is 34.4 Å². The third-order valence-electron chi connectivity index (χ3n) is 6.73. The Labute approximate surface area is 207 Å². The third-order valence-corrected chi connectivity index (χ3v) is 6.73. The summed E-state index contributed by atoms with van der Waals surface area (Å²) in [5.41, 5.74) is 10.4. The van der Waals surface area contributed by atoms with E-state index in [1.807, 2.05) is 66.4 Å². The second-order valence-electron chi connectivity index (χ2n) is 9.18. The zero-order valence-corrected chi connectivity index (χ0v) is 20.8. The number of aromatic nitrogens is 1. The molecular formula is C29H35N3O3. The molecule has 0 bridgehead atoms. The molecule has 2 amide bonds. The van der Waals surface area contributed by atoms with Gasteiger partial charge >= 0.3 is 0 Å². The van der Waals surface area contributed by atoms with Crippen molar-refractivity contribution < 1.29 is 14.3 Å². The Morgan fingerprint density at radius 3 is 2.49 bits per heavy atom. The summed E-state index contributed by atoms with van der Waals surface area (Å²) in [6, 6.07) is 17.5. The van der Waals surface area contributed by atoms with Gasteiger partial charge in [0.1, 0.15) is 11.5 Å². The van der Waals surface area contributed by atoms with Gasteiger partial charge < -0.3 is 19.9 Å². The van der Waals surface area contributed by atoms with Crippen LogP contribution in [0.2, 0.25) is 0 Å². The number of hydrogen-bond donors (Lipinski definition) is 1. The van der Waals surface area contributed by atoms with E-state index in [9.17, 15) is 9.59 Å². The van der Waals surface area contributed by atoms with Crippen LogP contribution in [0.1, 0.15) is 60.8 Å². The number of unbranched alkanes of at least 4 members (excludes halogenated alkanes) is 1. The molecule has 1 aliphatic rings. The molecule has 6 heteroatoms. The Morgan fingerprint density at radius 1 is 1.03 bits per heavy atom. The second kappa shape index (κ2) is 11.3. The van der Waals surface area contributed by atoms with E-state index in [4.69, 9.17) is 10.5 Å². The fourth-order valence-corrected chi connectivity index (χ4v) is 5.02. The fourth-order valence-electron chi connectivity index (χ4n) is 5.02. The number of ether oxygens (including phenoxy) is 1. The number of para-hydroxylation sites is 1. The van der Waals surface area contributed by atoms with Crippen LogP contribution in [0.15, 0.2) is 54.6 Å². The lowest BCUT2D eigenvalue weighted by atomic mass is 9.97. The molecule has 1 fully saturated rings. The largest absolute Gasteiger partial charge is 0.457 e. The zero-order chi connectivity index (χ0) is 24.8. The van der Waals surface area contributed by atoms with Crippen LogP contribution in [-0.2, 0) is 17.8 Å². The maximum absolute atomic E-state index is 12.7. The first-order chi connectivity index (χ1) is 17.0. The molecule has 1 aromatic heterocycles. The second-order valence-corrected chi connectivity index (χ2v) is 9.18. The number of hydrogen-bond acceptors (Lipinski definition) is 3. The lowest BCUT2D eigenvalue weighted by Gasteiger charge is -2.18. The van der Waals surface area contributed by atoms with Crippen LogP contribution in [0.4, 0.5) is 0 Å². The molecule has 1 aliphatic heterocycles. The lowest BCUT2D eigenvalue weighted by Crippen LogP contribution is -2.26. The van der Waals surface area contributed by atoms with Crippen molar-refractivity contribution >= 4 is 11.8 Å². The smallest absolute Gasteiger partial charge is 0.251 e. The maximum Gasteiger partial charge on any atom is 0.251 e. The number of carbonyl (C=O) groups is 2. The highest BCUT2D eigenvalue weighted by atomic mass is 16.5. The quantitative estimate of drug-likeness (QED) is 0.387. The summed E-state index contributed by atoms with van der Waals surface area (Å²) in [6.45, 7) is 6.48. The Morgan fingerprint density at radius 2 is 1.80 bits per heavy atom. The molecule has 2 N–H and O–H groups in total. The molecule has 0 aliphatic carbocycles. The minimum absolute atomic E-state index is 0.245. The van der Waals surface area contributed by atoms with E-state index in [1.165, 1.54) is 0 Å². The third kappa shape index (κ3) is 5.59. The van der Waals surface area contributed by atoms with Crippen molar-refractivity contribution in [3.05, 3.63) is 71.5 Å². The van der Waals surface area contributed by atoms with Gasteiger partial charge in [0, 0.05) is 43.0 Å². The summed E-state index contributed by atoms with van der Waals surface area (Å²) < 4.78 is 8.32. The van der Waals surface area contributed by atoms with Crippen LogP contribution < -0.4 is 10.5 Å². The Bertz CT molecular complexity index is 1180. The molecular weight excluding hydrogens is 438 g/mol. The van der Waals surface area contributed by atoms with Gasteiger partial charge in [0.15, 0.2) is 0 Å². The summed E-state index contributed by atoms with van der Waals surface area (Å²) >= 11 is 0. The summed E-state index contributed by atoms with van der Waals surface area (Å²) in [5, 5.41) is 0. The van der Waals surface area contributed by atoms with Gasteiger partial charge in [-0.25, -0.2) is 0 Å². The van der Waals surface area contributed by atoms with Crippen LogP contribution in [0, 0.1) is 6.92 Å². The SMILES string of the molecule is CCCCc1c(-c2cccc(Oc3ccccc3)c2)c(C(N)=O)c(C)n1CCCN1CCCC1=O. The van der Waals surface area contributed by atoms with Gasteiger partial charge in [-0.15, -0.1) is 0 Å². The van der Waals surface area contributed by atoms with Gasteiger partial charge in [-0.2, -0.15) is 0 Å². The molecule has 6 nitrogen and oxygen atoms in total. The highest BCUT2D eigenvalue weighted by Gasteiger charge is 2.25. The van der Waals surface area contributed by atoms with Crippen LogP contribution in [0.25, 0.3) is 11.1 Å². The van der Waals surface area contributed by atoms with Crippen molar-refractivity contribution in [2.75, 3.05) is 13.1 Å². The molecule has 2 aromatic carbocycles. The molecule has 0 unspecified atom stereocenters. The molecule has 184 valence electrons. The van der Waals surface area contributed by atoms with Crippen molar-refractivity contribution in [3.8, 4) is 22.6 Å². The van der Waals surface area contributed by atoms with Gasteiger partial charge in [-0.3, -0.25) is 9.59 Å². The predicted molar refractivity (Wildman–Crippen MR) is 139 cm³/mol. The summed E-state index contributed by atoms with van der Waals surface area (Å²) in [5.74, 6) is 1.30. The highest BCUT2D eigenvalue weighted by molar-refractivity contribution is 6.02. The van der Waals surface area contributed by atoms with Gasteiger partial charge in [-0.05, 0) is 62.4 Å². The highest BCUT2D eigenvalue weighted by Crippen LogP contribution is 2.36. The number of amides is 2. The van der Waals surface area contributed by atoms with Crippen molar-refractivity contribution in [2.24, 2.45) is 5.73 Å². The molecule has 35 heavy (non-hydrogen) atoms. The number of likely N-dealkylation sites (tertiary alicyclic amines) is 1. The van der Waals surface area contributed by atoms with E-state index in [0.717, 1.165) is 80.0 Å². The predicted octanol–water partition coefficient (Wildman–Crippen LogP) is 5.71. The first-order valence-electron chi connectivity index (χ1n) is 12.6. The molecule has 0 saturated carbocycles. The van der Waals surface area contributed by atoms with Crippen LogP contribution in [0.3, 0.4) is 0 Å². The number of nitrogens with two attached hydrogens (primary N) is 1. The molecule has 3 aromatic rings. The number of carbonyl (C=O) groups excluding carboxylic acids is 2. The van der Waals surface area contributed by atoms with Gasteiger partial charge in [-0.1, -0.05) is 43.7 Å². The van der Waals surface area contributed by atoms with Crippen molar-refractivity contribution in [2.45, 2.75) is 58.9 Å². The number of nitrogens with zero attached hydrogens (tertiary/aromatic N) is 2. The van der Waals surface area contributed by atoms with Gasteiger partial charge in [0.2, 0.25) is 5.91 Å². The first kappa shape index (κ1) is 24.6. The van der Waals surface area contributed by atoms with E-state index in [1.54, 1.807) is 0 Å².